The quantitative estimate of drug-likeness (QED) is 0.839. The van der Waals surface area contributed by atoms with Crippen LogP contribution in [0.25, 0.3) is 0 Å². The molecule has 2 atom stereocenters. The third kappa shape index (κ3) is 5.81. The highest BCUT2D eigenvalue weighted by Crippen LogP contribution is 2.20. The van der Waals surface area contributed by atoms with Crippen LogP contribution in [0.15, 0.2) is 18.5 Å². The molecule has 1 fully saturated rings. The average molecular weight is 318 g/mol. The number of hydrogen-bond acceptors (Lipinski definition) is 4. The number of carbonyl (C=O) groups excluding carboxylic acids is 1. The predicted octanol–water partition coefficient (Wildman–Crippen LogP) is 3.02. The number of hydrogen-bond donors (Lipinski definition) is 1. The van der Waals surface area contributed by atoms with Crippen LogP contribution < -0.4 is 10.2 Å². The SMILES string of the molecule is CC(C)CCCC(C)NC(=O)C1CCCN(c2ncccn2)C1. The van der Waals surface area contributed by atoms with E-state index in [0.29, 0.717) is 6.54 Å². The fourth-order valence-electron chi connectivity index (χ4n) is 3.09. The van der Waals surface area contributed by atoms with Crippen molar-refractivity contribution < 1.29 is 4.79 Å². The summed E-state index contributed by atoms with van der Waals surface area (Å²) in [6, 6.07) is 2.07. The van der Waals surface area contributed by atoms with Gasteiger partial charge < -0.3 is 10.2 Å². The second-order valence-electron chi connectivity index (χ2n) is 7.07. The minimum atomic E-state index is 0.0418. The number of aromatic nitrogens is 2. The van der Waals surface area contributed by atoms with Gasteiger partial charge in [0, 0.05) is 31.5 Å². The molecule has 0 bridgehead atoms. The Morgan fingerprint density at radius 1 is 1.30 bits per heavy atom. The van der Waals surface area contributed by atoms with E-state index in [1.807, 2.05) is 6.07 Å². The van der Waals surface area contributed by atoms with Crippen molar-refractivity contribution in [1.29, 1.82) is 0 Å². The highest BCUT2D eigenvalue weighted by Gasteiger charge is 2.27. The summed E-state index contributed by atoms with van der Waals surface area (Å²) in [6.45, 7) is 8.24. The molecular weight excluding hydrogens is 288 g/mol. The molecule has 5 nitrogen and oxygen atoms in total. The van der Waals surface area contributed by atoms with Crippen LogP contribution in [0.3, 0.4) is 0 Å². The molecule has 0 radical (unpaired) electrons. The zero-order valence-electron chi connectivity index (χ0n) is 14.7. The maximum Gasteiger partial charge on any atom is 0.225 e. The molecule has 1 aliphatic heterocycles. The Morgan fingerprint density at radius 2 is 2.04 bits per heavy atom. The van der Waals surface area contributed by atoms with Crippen LogP contribution in [-0.4, -0.2) is 35.0 Å². The van der Waals surface area contributed by atoms with Crippen molar-refractivity contribution in [2.24, 2.45) is 11.8 Å². The second-order valence-corrected chi connectivity index (χ2v) is 7.07. The highest BCUT2D eigenvalue weighted by atomic mass is 16.2. The fourth-order valence-corrected chi connectivity index (χ4v) is 3.09. The molecule has 0 aliphatic carbocycles. The molecule has 2 heterocycles. The summed E-state index contributed by atoms with van der Waals surface area (Å²) < 4.78 is 0. The standard InChI is InChI=1S/C18H30N4O/c1-14(2)7-4-8-15(3)21-17(23)16-9-5-12-22(13-16)18-19-10-6-11-20-18/h6,10-11,14-16H,4-5,7-9,12-13H2,1-3H3,(H,21,23). The first-order chi connectivity index (χ1) is 11.1. The zero-order valence-corrected chi connectivity index (χ0v) is 14.7. The first-order valence-electron chi connectivity index (χ1n) is 8.88. The van der Waals surface area contributed by atoms with Crippen LogP contribution in [0.2, 0.25) is 0 Å². The molecule has 0 spiro atoms. The van der Waals surface area contributed by atoms with E-state index < -0.39 is 0 Å². The van der Waals surface area contributed by atoms with E-state index in [4.69, 9.17) is 0 Å². The summed E-state index contributed by atoms with van der Waals surface area (Å²) in [4.78, 5) is 23.2. The molecule has 1 aliphatic rings. The normalized spacial score (nSPS) is 19.7. The Kier molecular flexibility index (Phi) is 6.81. The molecule has 1 N–H and O–H groups in total. The van der Waals surface area contributed by atoms with E-state index in [-0.39, 0.29) is 17.9 Å². The topological polar surface area (TPSA) is 58.1 Å². The monoisotopic (exact) mass is 318 g/mol. The lowest BCUT2D eigenvalue weighted by molar-refractivity contribution is -0.125. The Hall–Kier alpha value is -1.65. The lowest BCUT2D eigenvalue weighted by atomic mass is 9.96. The number of nitrogens with one attached hydrogen (secondary N) is 1. The van der Waals surface area contributed by atoms with E-state index in [1.165, 1.54) is 12.8 Å². The largest absolute Gasteiger partial charge is 0.353 e. The van der Waals surface area contributed by atoms with Gasteiger partial charge in [-0.2, -0.15) is 0 Å². The number of carbonyl (C=O) groups is 1. The molecule has 2 unspecified atom stereocenters. The van der Waals surface area contributed by atoms with Crippen LogP contribution in [0.1, 0.15) is 52.9 Å². The van der Waals surface area contributed by atoms with E-state index >= 15 is 0 Å². The van der Waals surface area contributed by atoms with Crippen molar-refractivity contribution in [3.8, 4) is 0 Å². The lowest BCUT2D eigenvalue weighted by Crippen LogP contribution is -2.45. The summed E-state index contributed by atoms with van der Waals surface area (Å²) in [5, 5.41) is 3.19. The molecule has 1 saturated heterocycles. The van der Waals surface area contributed by atoms with Crippen molar-refractivity contribution in [2.45, 2.75) is 58.9 Å². The minimum Gasteiger partial charge on any atom is -0.353 e. The van der Waals surface area contributed by atoms with Gasteiger partial charge in [0.05, 0.1) is 5.92 Å². The minimum absolute atomic E-state index is 0.0418. The van der Waals surface area contributed by atoms with Gasteiger partial charge in [-0.25, -0.2) is 9.97 Å². The first kappa shape index (κ1) is 17.7. The average Bonchev–Trinajstić information content (AvgIpc) is 2.55. The van der Waals surface area contributed by atoms with Gasteiger partial charge in [-0.1, -0.05) is 26.7 Å². The molecule has 5 heteroatoms. The molecule has 1 amide bonds. The first-order valence-corrected chi connectivity index (χ1v) is 8.88. The summed E-state index contributed by atoms with van der Waals surface area (Å²) in [6.07, 6.45) is 8.93. The number of nitrogens with zero attached hydrogens (tertiary/aromatic N) is 3. The fraction of sp³-hybridized carbons (Fsp3) is 0.722. The number of rotatable bonds is 7. The van der Waals surface area contributed by atoms with Crippen LogP contribution in [0.4, 0.5) is 5.95 Å². The van der Waals surface area contributed by atoms with Gasteiger partial charge in [0.25, 0.3) is 0 Å². The Bertz CT molecular complexity index is 477. The number of piperidine rings is 1. The van der Waals surface area contributed by atoms with E-state index in [1.54, 1.807) is 12.4 Å². The van der Waals surface area contributed by atoms with Crippen molar-refractivity contribution in [3.05, 3.63) is 18.5 Å². The third-order valence-electron chi connectivity index (χ3n) is 4.43. The van der Waals surface area contributed by atoms with Gasteiger partial charge in [0.2, 0.25) is 11.9 Å². The van der Waals surface area contributed by atoms with Crippen LogP contribution in [0.5, 0.6) is 0 Å². The smallest absolute Gasteiger partial charge is 0.225 e. The van der Waals surface area contributed by atoms with E-state index in [9.17, 15) is 4.79 Å². The lowest BCUT2D eigenvalue weighted by Gasteiger charge is -2.32. The van der Waals surface area contributed by atoms with Crippen LogP contribution in [0, 0.1) is 11.8 Å². The maximum atomic E-state index is 12.5. The van der Waals surface area contributed by atoms with Crippen molar-refractivity contribution in [3.63, 3.8) is 0 Å². The number of amides is 1. The molecule has 1 aromatic heterocycles. The third-order valence-corrected chi connectivity index (χ3v) is 4.43. The Labute approximate surface area is 139 Å². The second kappa shape index (κ2) is 8.85. The Balaban J connectivity index is 1.80. The molecule has 128 valence electrons. The Morgan fingerprint density at radius 3 is 2.74 bits per heavy atom. The van der Waals surface area contributed by atoms with E-state index in [2.05, 4.69) is 41.0 Å². The van der Waals surface area contributed by atoms with E-state index in [0.717, 1.165) is 37.7 Å². The summed E-state index contributed by atoms with van der Waals surface area (Å²) in [7, 11) is 0. The predicted molar refractivity (Wildman–Crippen MR) is 93.3 cm³/mol. The van der Waals surface area contributed by atoms with Gasteiger partial charge in [0.15, 0.2) is 0 Å². The highest BCUT2D eigenvalue weighted by molar-refractivity contribution is 5.79. The molecule has 2 rings (SSSR count). The summed E-state index contributed by atoms with van der Waals surface area (Å²) in [5.74, 6) is 1.69. The van der Waals surface area contributed by atoms with Gasteiger partial charge in [-0.3, -0.25) is 4.79 Å². The zero-order chi connectivity index (χ0) is 16.7. The summed E-state index contributed by atoms with van der Waals surface area (Å²) >= 11 is 0. The summed E-state index contributed by atoms with van der Waals surface area (Å²) in [5.41, 5.74) is 0. The van der Waals surface area contributed by atoms with Gasteiger partial charge in [-0.05, 0) is 38.2 Å². The van der Waals surface area contributed by atoms with Crippen molar-refractivity contribution in [1.82, 2.24) is 15.3 Å². The van der Waals surface area contributed by atoms with Crippen molar-refractivity contribution >= 4 is 11.9 Å². The van der Waals surface area contributed by atoms with Crippen LogP contribution >= 0.6 is 0 Å². The van der Waals surface area contributed by atoms with Gasteiger partial charge >= 0.3 is 0 Å². The molecule has 23 heavy (non-hydrogen) atoms. The molecule has 0 aromatic carbocycles. The maximum absolute atomic E-state index is 12.5. The molecule has 1 aromatic rings. The van der Waals surface area contributed by atoms with Gasteiger partial charge in [-0.15, -0.1) is 0 Å². The van der Waals surface area contributed by atoms with Gasteiger partial charge in [0.1, 0.15) is 0 Å². The van der Waals surface area contributed by atoms with Crippen LogP contribution in [-0.2, 0) is 4.79 Å². The molecular formula is C18H30N4O. The van der Waals surface area contributed by atoms with Crippen molar-refractivity contribution in [2.75, 3.05) is 18.0 Å². The number of anilines is 1. The molecule has 0 saturated carbocycles.